The molecule has 0 spiro atoms. The summed E-state index contributed by atoms with van der Waals surface area (Å²) in [5.74, 6) is -0.0374. The molecule has 0 aliphatic rings. The Bertz CT molecular complexity index is 429. The second-order valence-electron chi connectivity index (χ2n) is 4.21. The first kappa shape index (κ1) is 14.7. The molecule has 0 atom stereocenters. The lowest BCUT2D eigenvalue weighted by atomic mass is 10.3. The van der Waals surface area contributed by atoms with Crippen LogP contribution in [0.1, 0.15) is 30.7 Å². The van der Waals surface area contributed by atoms with Gasteiger partial charge in [-0.2, -0.15) is 5.10 Å². The maximum atomic E-state index is 11.5. The molecule has 0 unspecified atom stereocenters. The van der Waals surface area contributed by atoms with E-state index >= 15 is 0 Å². The molecule has 0 saturated heterocycles. The summed E-state index contributed by atoms with van der Waals surface area (Å²) in [7, 11) is 0. The van der Waals surface area contributed by atoms with Gasteiger partial charge in [-0.25, -0.2) is 0 Å². The number of carbonyl (C=O) groups excluding carboxylic acids is 2. The highest BCUT2D eigenvalue weighted by Gasteiger charge is 2.05. The van der Waals surface area contributed by atoms with E-state index in [4.69, 9.17) is 11.6 Å². The number of amides is 1. The second kappa shape index (κ2) is 7.16. The van der Waals surface area contributed by atoms with Crippen molar-refractivity contribution >= 4 is 22.8 Å². The van der Waals surface area contributed by atoms with Crippen molar-refractivity contribution in [2.75, 3.05) is 6.54 Å². The summed E-state index contributed by atoms with van der Waals surface area (Å²) >= 11 is 5.19. The molecule has 0 fully saturated rings. The summed E-state index contributed by atoms with van der Waals surface area (Å²) in [6, 6.07) is 1.98. The molecule has 18 heavy (non-hydrogen) atoms. The first-order valence-corrected chi connectivity index (χ1v) is 6.33. The smallest absolute Gasteiger partial charge is 0.221 e. The molecule has 1 aromatic heterocycles. The summed E-state index contributed by atoms with van der Waals surface area (Å²) < 4.78 is 1.82. The van der Waals surface area contributed by atoms with Gasteiger partial charge in [-0.1, -0.05) is 0 Å². The topological polar surface area (TPSA) is 64.0 Å². The molecule has 0 bridgehead atoms. The molecule has 0 radical (unpaired) electrons. The van der Waals surface area contributed by atoms with Gasteiger partial charge in [-0.15, -0.1) is 0 Å². The van der Waals surface area contributed by atoms with Crippen molar-refractivity contribution in [2.45, 2.75) is 39.7 Å². The van der Waals surface area contributed by atoms with Gasteiger partial charge in [-0.3, -0.25) is 14.3 Å². The third kappa shape index (κ3) is 5.31. The van der Waals surface area contributed by atoms with E-state index in [-0.39, 0.29) is 11.1 Å². The Morgan fingerprint density at radius 3 is 2.67 bits per heavy atom. The van der Waals surface area contributed by atoms with E-state index in [1.54, 1.807) is 0 Å². The SMILES string of the molecule is Cc1cc(C)n(CCC(=O)NCCCC(=O)Cl)n1. The van der Waals surface area contributed by atoms with Crippen LogP contribution < -0.4 is 5.32 Å². The highest BCUT2D eigenvalue weighted by Crippen LogP contribution is 2.02. The minimum Gasteiger partial charge on any atom is -0.356 e. The molecule has 0 aliphatic heterocycles. The normalized spacial score (nSPS) is 10.4. The lowest BCUT2D eigenvalue weighted by molar-refractivity contribution is -0.121. The van der Waals surface area contributed by atoms with Crippen LogP contribution in [0.25, 0.3) is 0 Å². The van der Waals surface area contributed by atoms with Gasteiger partial charge in [0.05, 0.1) is 5.69 Å². The Labute approximate surface area is 111 Å². The summed E-state index contributed by atoms with van der Waals surface area (Å²) in [6.45, 7) is 4.94. The van der Waals surface area contributed by atoms with Gasteiger partial charge in [0.2, 0.25) is 11.1 Å². The zero-order valence-corrected chi connectivity index (χ0v) is 11.5. The highest BCUT2D eigenvalue weighted by atomic mass is 35.5. The quantitative estimate of drug-likeness (QED) is 0.605. The maximum absolute atomic E-state index is 11.5. The van der Waals surface area contributed by atoms with Gasteiger partial charge in [0.25, 0.3) is 0 Å². The molecule has 5 nitrogen and oxygen atoms in total. The van der Waals surface area contributed by atoms with Crippen LogP contribution in [-0.4, -0.2) is 27.5 Å². The summed E-state index contributed by atoms with van der Waals surface area (Å²) in [5.41, 5.74) is 2.00. The zero-order chi connectivity index (χ0) is 13.5. The van der Waals surface area contributed by atoms with Gasteiger partial charge in [0, 0.05) is 31.6 Å². The monoisotopic (exact) mass is 271 g/mol. The number of rotatable bonds is 7. The summed E-state index contributed by atoms with van der Waals surface area (Å²) in [5, 5.41) is 6.65. The molecular weight excluding hydrogens is 254 g/mol. The van der Waals surface area contributed by atoms with Crippen molar-refractivity contribution in [2.24, 2.45) is 0 Å². The lowest BCUT2D eigenvalue weighted by Crippen LogP contribution is -2.26. The van der Waals surface area contributed by atoms with Crippen molar-refractivity contribution in [3.63, 3.8) is 0 Å². The highest BCUT2D eigenvalue weighted by molar-refractivity contribution is 6.63. The molecule has 1 aromatic rings. The maximum Gasteiger partial charge on any atom is 0.221 e. The van der Waals surface area contributed by atoms with E-state index in [2.05, 4.69) is 10.4 Å². The van der Waals surface area contributed by atoms with Crippen molar-refractivity contribution < 1.29 is 9.59 Å². The zero-order valence-electron chi connectivity index (χ0n) is 10.7. The first-order valence-electron chi connectivity index (χ1n) is 5.95. The molecule has 0 aromatic carbocycles. The van der Waals surface area contributed by atoms with Gasteiger partial charge in [0.15, 0.2) is 0 Å². The lowest BCUT2D eigenvalue weighted by Gasteiger charge is -2.05. The molecule has 0 saturated carbocycles. The van der Waals surface area contributed by atoms with E-state index < -0.39 is 0 Å². The van der Waals surface area contributed by atoms with Crippen LogP contribution in [0.5, 0.6) is 0 Å². The van der Waals surface area contributed by atoms with Gasteiger partial charge in [0.1, 0.15) is 0 Å². The van der Waals surface area contributed by atoms with Crippen LogP contribution in [0.2, 0.25) is 0 Å². The van der Waals surface area contributed by atoms with Crippen molar-refractivity contribution in [3.8, 4) is 0 Å². The van der Waals surface area contributed by atoms with Crippen molar-refractivity contribution in [1.82, 2.24) is 15.1 Å². The number of aryl methyl sites for hydroxylation is 3. The van der Waals surface area contributed by atoms with Crippen LogP contribution in [0.4, 0.5) is 0 Å². The summed E-state index contributed by atoms with van der Waals surface area (Å²) in [4.78, 5) is 22.0. The van der Waals surface area contributed by atoms with Gasteiger partial charge >= 0.3 is 0 Å². The third-order valence-corrected chi connectivity index (χ3v) is 2.72. The Morgan fingerprint density at radius 1 is 1.39 bits per heavy atom. The molecule has 1 amide bonds. The van der Waals surface area contributed by atoms with E-state index in [0.717, 1.165) is 11.4 Å². The fourth-order valence-corrected chi connectivity index (χ4v) is 1.79. The Hall–Kier alpha value is -1.36. The summed E-state index contributed by atoms with van der Waals surface area (Å²) in [6.07, 6.45) is 1.25. The molecule has 6 heteroatoms. The minimum atomic E-state index is -0.369. The number of hydrogen-bond donors (Lipinski definition) is 1. The number of halogens is 1. The van der Waals surface area contributed by atoms with Crippen LogP contribution >= 0.6 is 11.6 Å². The van der Waals surface area contributed by atoms with Crippen LogP contribution in [0, 0.1) is 13.8 Å². The molecule has 100 valence electrons. The van der Waals surface area contributed by atoms with Gasteiger partial charge in [-0.05, 0) is 37.9 Å². The number of hydrogen-bond acceptors (Lipinski definition) is 3. The van der Waals surface area contributed by atoms with E-state index in [1.807, 2.05) is 24.6 Å². The number of nitrogens with zero attached hydrogens (tertiary/aromatic N) is 2. The fraction of sp³-hybridized carbons (Fsp3) is 0.583. The van der Waals surface area contributed by atoms with Crippen molar-refractivity contribution in [1.29, 1.82) is 0 Å². The van der Waals surface area contributed by atoms with E-state index in [0.29, 0.717) is 32.4 Å². The van der Waals surface area contributed by atoms with Crippen LogP contribution in [0.15, 0.2) is 6.07 Å². The molecule has 1 rings (SSSR count). The molecule has 1 N–H and O–H groups in total. The van der Waals surface area contributed by atoms with Crippen LogP contribution in [-0.2, 0) is 16.1 Å². The predicted octanol–water partition coefficient (Wildman–Crippen LogP) is 1.55. The Kier molecular flexibility index (Phi) is 5.85. The van der Waals surface area contributed by atoms with E-state index in [9.17, 15) is 9.59 Å². The Morgan fingerprint density at radius 2 is 2.11 bits per heavy atom. The number of aromatic nitrogens is 2. The number of nitrogens with one attached hydrogen (secondary N) is 1. The van der Waals surface area contributed by atoms with Crippen LogP contribution in [0.3, 0.4) is 0 Å². The van der Waals surface area contributed by atoms with E-state index in [1.165, 1.54) is 0 Å². The van der Waals surface area contributed by atoms with Crippen molar-refractivity contribution in [3.05, 3.63) is 17.5 Å². The molecule has 1 heterocycles. The fourth-order valence-electron chi connectivity index (χ4n) is 1.65. The average molecular weight is 272 g/mol. The minimum absolute atomic E-state index is 0.0374. The average Bonchev–Trinajstić information content (AvgIpc) is 2.60. The third-order valence-electron chi connectivity index (χ3n) is 2.53. The van der Waals surface area contributed by atoms with Gasteiger partial charge < -0.3 is 5.32 Å². The molecular formula is C12H18ClN3O2. The standard InChI is InChI=1S/C12H18ClN3O2/c1-9-8-10(2)16(15-9)7-5-12(18)14-6-3-4-11(13)17/h8H,3-7H2,1-2H3,(H,14,18). The Balaban J connectivity index is 2.21. The largest absolute Gasteiger partial charge is 0.356 e. The number of carbonyl (C=O) groups is 2. The molecule has 0 aliphatic carbocycles. The first-order chi connectivity index (χ1) is 8.49. The second-order valence-corrected chi connectivity index (χ2v) is 4.63. The predicted molar refractivity (Wildman–Crippen MR) is 69.4 cm³/mol.